The SMILES string of the molecule is C1=CCC(C2CN3CCN2CC3)=C1. The van der Waals surface area contributed by atoms with E-state index in [-0.39, 0.29) is 0 Å². The predicted octanol–water partition coefficient (Wildman–Crippen LogP) is 0.873. The summed E-state index contributed by atoms with van der Waals surface area (Å²) in [5, 5.41) is 0. The monoisotopic (exact) mass is 176 g/mol. The molecule has 3 saturated heterocycles. The van der Waals surface area contributed by atoms with Gasteiger partial charge in [-0.1, -0.05) is 18.2 Å². The van der Waals surface area contributed by atoms with Crippen molar-refractivity contribution in [2.75, 3.05) is 32.7 Å². The van der Waals surface area contributed by atoms with E-state index < -0.39 is 0 Å². The molecule has 0 aromatic rings. The van der Waals surface area contributed by atoms with Crippen LogP contribution in [-0.4, -0.2) is 48.6 Å². The standard InChI is InChI=1S/C11H16N2/c1-2-4-10(3-1)11-9-12-5-7-13(11)8-6-12/h1-3,11H,4-9H2. The van der Waals surface area contributed by atoms with Crippen LogP contribution < -0.4 is 0 Å². The normalized spacial score (nSPS) is 42.5. The average molecular weight is 176 g/mol. The van der Waals surface area contributed by atoms with E-state index in [0.717, 1.165) is 6.04 Å². The number of nitrogens with zero attached hydrogens (tertiary/aromatic N) is 2. The smallest absolute Gasteiger partial charge is 0.0442 e. The summed E-state index contributed by atoms with van der Waals surface area (Å²) < 4.78 is 0. The van der Waals surface area contributed by atoms with E-state index in [1.165, 1.54) is 39.1 Å². The molecule has 70 valence electrons. The van der Waals surface area contributed by atoms with Crippen molar-refractivity contribution in [2.45, 2.75) is 12.5 Å². The molecule has 0 saturated carbocycles. The van der Waals surface area contributed by atoms with Crippen molar-refractivity contribution in [3.8, 4) is 0 Å². The second-order valence-electron chi connectivity index (χ2n) is 4.23. The lowest BCUT2D eigenvalue weighted by Gasteiger charge is -2.48. The van der Waals surface area contributed by atoms with Gasteiger partial charge in [-0.15, -0.1) is 0 Å². The molecule has 1 unspecified atom stereocenters. The molecule has 4 aliphatic rings. The van der Waals surface area contributed by atoms with Gasteiger partial charge in [0, 0.05) is 38.8 Å². The quantitative estimate of drug-likeness (QED) is 0.585. The van der Waals surface area contributed by atoms with E-state index in [1.807, 2.05) is 0 Å². The van der Waals surface area contributed by atoms with Gasteiger partial charge < -0.3 is 0 Å². The van der Waals surface area contributed by atoms with Gasteiger partial charge in [-0.25, -0.2) is 0 Å². The summed E-state index contributed by atoms with van der Waals surface area (Å²) in [5.41, 5.74) is 1.63. The van der Waals surface area contributed by atoms with Crippen molar-refractivity contribution in [1.82, 2.24) is 9.80 Å². The van der Waals surface area contributed by atoms with Gasteiger partial charge in [-0.2, -0.15) is 0 Å². The van der Waals surface area contributed by atoms with Crippen molar-refractivity contribution in [3.05, 3.63) is 23.8 Å². The fourth-order valence-electron chi connectivity index (χ4n) is 2.68. The third-order valence-electron chi connectivity index (χ3n) is 3.51. The molecule has 0 N–H and O–H groups in total. The third-order valence-corrected chi connectivity index (χ3v) is 3.51. The minimum atomic E-state index is 0.734. The van der Waals surface area contributed by atoms with E-state index >= 15 is 0 Å². The Hall–Kier alpha value is -0.600. The van der Waals surface area contributed by atoms with Gasteiger partial charge in [0.2, 0.25) is 0 Å². The Morgan fingerprint density at radius 2 is 2.00 bits per heavy atom. The Kier molecular flexibility index (Phi) is 1.77. The van der Waals surface area contributed by atoms with E-state index in [4.69, 9.17) is 0 Å². The molecule has 13 heavy (non-hydrogen) atoms. The maximum absolute atomic E-state index is 2.65. The molecule has 2 nitrogen and oxygen atoms in total. The number of fused-ring (bicyclic) bond motifs is 3. The van der Waals surface area contributed by atoms with Crippen LogP contribution in [0.1, 0.15) is 6.42 Å². The zero-order valence-corrected chi connectivity index (χ0v) is 7.95. The molecule has 0 aromatic heterocycles. The molecule has 0 radical (unpaired) electrons. The summed E-state index contributed by atoms with van der Waals surface area (Å²) in [6.07, 6.45) is 7.98. The van der Waals surface area contributed by atoms with Gasteiger partial charge in [0.15, 0.2) is 0 Å². The lowest BCUT2D eigenvalue weighted by atomic mass is 9.99. The number of hydrogen-bond acceptors (Lipinski definition) is 2. The Morgan fingerprint density at radius 1 is 1.15 bits per heavy atom. The first-order valence-electron chi connectivity index (χ1n) is 5.25. The molecule has 1 atom stereocenters. The third kappa shape index (κ3) is 1.25. The fraction of sp³-hybridized carbons (Fsp3) is 0.636. The maximum atomic E-state index is 2.65. The van der Waals surface area contributed by atoms with Gasteiger partial charge in [0.1, 0.15) is 0 Å². The summed E-state index contributed by atoms with van der Waals surface area (Å²) >= 11 is 0. The van der Waals surface area contributed by atoms with Gasteiger partial charge in [-0.3, -0.25) is 9.80 Å². The summed E-state index contributed by atoms with van der Waals surface area (Å²) in [6.45, 7) is 6.41. The first-order chi connectivity index (χ1) is 6.43. The second-order valence-corrected chi connectivity index (χ2v) is 4.23. The molecule has 0 aromatic carbocycles. The molecule has 0 spiro atoms. The molecular formula is C11H16N2. The molecule has 4 rings (SSSR count). The van der Waals surface area contributed by atoms with E-state index in [0.29, 0.717) is 0 Å². The molecule has 3 heterocycles. The zero-order chi connectivity index (χ0) is 8.67. The highest BCUT2D eigenvalue weighted by molar-refractivity contribution is 5.28. The molecule has 1 aliphatic carbocycles. The van der Waals surface area contributed by atoms with Crippen LogP contribution in [0.4, 0.5) is 0 Å². The molecule has 0 amide bonds. The average Bonchev–Trinajstić information content (AvgIpc) is 2.72. The van der Waals surface area contributed by atoms with Crippen molar-refractivity contribution in [2.24, 2.45) is 0 Å². The maximum Gasteiger partial charge on any atom is 0.0442 e. The summed E-state index contributed by atoms with van der Waals surface area (Å²) in [5.74, 6) is 0. The van der Waals surface area contributed by atoms with Crippen LogP contribution in [0.5, 0.6) is 0 Å². The summed E-state index contributed by atoms with van der Waals surface area (Å²) in [6, 6.07) is 0.734. The van der Waals surface area contributed by atoms with Crippen LogP contribution in [0.3, 0.4) is 0 Å². The van der Waals surface area contributed by atoms with Crippen molar-refractivity contribution < 1.29 is 0 Å². The fourth-order valence-corrected chi connectivity index (χ4v) is 2.68. The van der Waals surface area contributed by atoms with Gasteiger partial charge >= 0.3 is 0 Å². The number of hydrogen-bond donors (Lipinski definition) is 0. The van der Waals surface area contributed by atoms with E-state index in [2.05, 4.69) is 28.0 Å². The first-order valence-corrected chi connectivity index (χ1v) is 5.25. The Morgan fingerprint density at radius 3 is 2.54 bits per heavy atom. The largest absolute Gasteiger partial charge is 0.299 e. The highest BCUT2D eigenvalue weighted by atomic mass is 15.3. The number of rotatable bonds is 1. The van der Waals surface area contributed by atoms with Crippen molar-refractivity contribution in [3.63, 3.8) is 0 Å². The minimum Gasteiger partial charge on any atom is -0.299 e. The van der Waals surface area contributed by atoms with Gasteiger partial charge in [0.25, 0.3) is 0 Å². The molecule has 3 fully saturated rings. The van der Waals surface area contributed by atoms with E-state index in [1.54, 1.807) is 5.57 Å². The lowest BCUT2D eigenvalue weighted by molar-refractivity contribution is 0.0280. The molecular weight excluding hydrogens is 160 g/mol. The van der Waals surface area contributed by atoms with E-state index in [9.17, 15) is 0 Å². The Balaban J connectivity index is 1.78. The van der Waals surface area contributed by atoms with Crippen LogP contribution in [0.15, 0.2) is 23.8 Å². The van der Waals surface area contributed by atoms with Gasteiger partial charge in [-0.05, 0) is 12.0 Å². The molecule has 2 bridgehead atoms. The topological polar surface area (TPSA) is 6.48 Å². The van der Waals surface area contributed by atoms with Crippen LogP contribution in [0.25, 0.3) is 0 Å². The Labute approximate surface area is 79.5 Å². The van der Waals surface area contributed by atoms with Gasteiger partial charge in [0.05, 0.1) is 0 Å². The zero-order valence-electron chi connectivity index (χ0n) is 7.95. The first kappa shape index (κ1) is 7.77. The highest BCUT2D eigenvalue weighted by Gasteiger charge is 2.33. The lowest BCUT2D eigenvalue weighted by Crippen LogP contribution is -2.61. The van der Waals surface area contributed by atoms with Crippen LogP contribution >= 0.6 is 0 Å². The molecule has 2 heteroatoms. The molecule has 3 aliphatic heterocycles. The van der Waals surface area contributed by atoms with Crippen molar-refractivity contribution >= 4 is 0 Å². The Bertz CT molecular complexity index is 259. The van der Waals surface area contributed by atoms with Crippen molar-refractivity contribution in [1.29, 1.82) is 0 Å². The summed E-state index contributed by atoms with van der Waals surface area (Å²) in [7, 11) is 0. The van der Waals surface area contributed by atoms with Crippen LogP contribution in [-0.2, 0) is 0 Å². The number of allylic oxidation sites excluding steroid dienone is 3. The van der Waals surface area contributed by atoms with Crippen LogP contribution in [0, 0.1) is 0 Å². The minimum absolute atomic E-state index is 0.734. The summed E-state index contributed by atoms with van der Waals surface area (Å²) in [4.78, 5) is 5.25. The predicted molar refractivity (Wildman–Crippen MR) is 53.6 cm³/mol. The second kappa shape index (κ2) is 2.96. The van der Waals surface area contributed by atoms with Crippen LogP contribution in [0.2, 0.25) is 0 Å². The highest BCUT2D eigenvalue weighted by Crippen LogP contribution is 2.25. The number of piperazine rings is 3.